The van der Waals surface area contributed by atoms with Crippen molar-refractivity contribution in [2.45, 2.75) is 44.2 Å². The molecule has 0 spiro atoms. The van der Waals surface area contributed by atoms with Gasteiger partial charge in [0, 0.05) is 36.8 Å². The molecule has 1 fully saturated rings. The predicted octanol–water partition coefficient (Wildman–Crippen LogP) is 1.20. The molecular weight excluding hydrogens is 314 g/mol. The highest BCUT2D eigenvalue weighted by Gasteiger charge is 2.25. The number of sulfonamides is 1. The molecule has 1 amide bonds. The van der Waals surface area contributed by atoms with E-state index in [1.807, 2.05) is 11.8 Å². The van der Waals surface area contributed by atoms with Crippen LogP contribution in [0.3, 0.4) is 0 Å². The van der Waals surface area contributed by atoms with Gasteiger partial charge in [0.2, 0.25) is 10.0 Å². The molecule has 0 aromatic heterocycles. The molecule has 0 bridgehead atoms. The molecule has 1 saturated heterocycles. The molecule has 1 aromatic rings. The van der Waals surface area contributed by atoms with E-state index in [-0.39, 0.29) is 16.8 Å². The van der Waals surface area contributed by atoms with Crippen molar-refractivity contribution >= 4 is 15.9 Å². The quantitative estimate of drug-likeness (QED) is 0.867. The zero-order chi connectivity index (χ0) is 17.3. The lowest BCUT2D eigenvalue weighted by Gasteiger charge is -2.34. The van der Waals surface area contributed by atoms with Crippen molar-refractivity contribution in [3.63, 3.8) is 0 Å². The van der Waals surface area contributed by atoms with Gasteiger partial charge in [-0.15, -0.1) is 0 Å². The number of nitrogens with one attached hydrogen (secondary N) is 2. The molecule has 7 heteroatoms. The first-order valence-corrected chi connectivity index (χ1v) is 9.24. The summed E-state index contributed by atoms with van der Waals surface area (Å²) in [5.41, 5.74) is -0.0442. The van der Waals surface area contributed by atoms with Crippen LogP contribution >= 0.6 is 0 Å². The molecule has 23 heavy (non-hydrogen) atoms. The summed E-state index contributed by atoms with van der Waals surface area (Å²) in [4.78, 5) is 14.5. The van der Waals surface area contributed by atoms with Crippen LogP contribution in [0.15, 0.2) is 29.2 Å². The van der Waals surface area contributed by atoms with Gasteiger partial charge < -0.3 is 10.2 Å². The van der Waals surface area contributed by atoms with E-state index in [4.69, 9.17) is 0 Å². The monoisotopic (exact) mass is 339 g/mol. The van der Waals surface area contributed by atoms with Gasteiger partial charge >= 0.3 is 0 Å². The summed E-state index contributed by atoms with van der Waals surface area (Å²) >= 11 is 0. The minimum atomic E-state index is -3.58. The van der Waals surface area contributed by atoms with Gasteiger partial charge in [-0.3, -0.25) is 4.79 Å². The van der Waals surface area contributed by atoms with Crippen molar-refractivity contribution < 1.29 is 13.2 Å². The highest BCUT2D eigenvalue weighted by molar-refractivity contribution is 7.89. The molecule has 1 unspecified atom stereocenters. The summed E-state index contributed by atoms with van der Waals surface area (Å²) in [6, 6.07) is 6.24. The lowest BCUT2D eigenvalue weighted by atomic mass is 10.1. The zero-order valence-electron chi connectivity index (χ0n) is 14.1. The standard InChI is InChI=1S/C16H25N3O3S/c1-12-11-17-9-10-19(12)15(20)13-5-7-14(8-6-13)23(21,22)18-16(2,3)4/h5-8,12,17-18H,9-11H2,1-4H3. The molecule has 6 nitrogen and oxygen atoms in total. The van der Waals surface area contributed by atoms with Gasteiger partial charge in [0.15, 0.2) is 0 Å². The summed E-state index contributed by atoms with van der Waals surface area (Å²) in [6.07, 6.45) is 0. The topological polar surface area (TPSA) is 78.5 Å². The molecule has 128 valence electrons. The third kappa shape index (κ3) is 4.53. The van der Waals surface area contributed by atoms with Crippen molar-refractivity contribution in [1.29, 1.82) is 0 Å². The Labute approximate surface area is 138 Å². The molecule has 1 atom stereocenters. The minimum Gasteiger partial charge on any atom is -0.333 e. The van der Waals surface area contributed by atoms with Gasteiger partial charge in [-0.05, 0) is 52.0 Å². The molecule has 0 saturated carbocycles. The third-order valence-electron chi connectivity index (χ3n) is 3.61. The fraction of sp³-hybridized carbons (Fsp3) is 0.562. The number of amides is 1. The number of hydrogen-bond donors (Lipinski definition) is 2. The molecule has 0 radical (unpaired) electrons. The second kappa shape index (κ2) is 6.59. The maximum atomic E-state index is 12.5. The maximum absolute atomic E-state index is 12.5. The fourth-order valence-corrected chi connectivity index (χ4v) is 3.97. The average Bonchev–Trinajstić information content (AvgIpc) is 2.45. The van der Waals surface area contributed by atoms with Crippen LogP contribution in [0.2, 0.25) is 0 Å². The van der Waals surface area contributed by atoms with Crippen molar-refractivity contribution in [2.75, 3.05) is 19.6 Å². The number of rotatable bonds is 3. The number of piperazine rings is 1. The van der Waals surface area contributed by atoms with Crippen LogP contribution < -0.4 is 10.0 Å². The van der Waals surface area contributed by atoms with Gasteiger partial charge in [0.25, 0.3) is 5.91 Å². The SMILES string of the molecule is CC1CNCCN1C(=O)c1ccc(S(=O)(=O)NC(C)(C)C)cc1. The average molecular weight is 339 g/mol. The molecule has 1 aromatic carbocycles. The second-order valence-electron chi connectivity index (χ2n) is 6.93. The van der Waals surface area contributed by atoms with Gasteiger partial charge in [-0.1, -0.05) is 0 Å². The lowest BCUT2D eigenvalue weighted by Crippen LogP contribution is -2.52. The van der Waals surface area contributed by atoms with Crippen molar-refractivity contribution in [1.82, 2.24) is 14.9 Å². The summed E-state index contributed by atoms with van der Waals surface area (Å²) < 4.78 is 27.1. The number of carbonyl (C=O) groups excluding carboxylic acids is 1. The first-order chi connectivity index (χ1) is 10.6. The number of carbonyl (C=O) groups is 1. The van der Waals surface area contributed by atoms with E-state index in [1.165, 1.54) is 12.1 Å². The van der Waals surface area contributed by atoms with Crippen LogP contribution in [0.25, 0.3) is 0 Å². The fourth-order valence-electron chi connectivity index (χ4n) is 2.55. The van der Waals surface area contributed by atoms with Crippen LogP contribution in [0.5, 0.6) is 0 Å². The largest absolute Gasteiger partial charge is 0.333 e. The third-order valence-corrected chi connectivity index (χ3v) is 5.39. The van der Waals surface area contributed by atoms with Gasteiger partial charge in [-0.25, -0.2) is 13.1 Å². The number of nitrogens with zero attached hydrogens (tertiary/aromatic N) is 1. The minimum absolute atomic E-state index is 0.0632. The molecule has 0 aliphatic carbocycles. The molecule has 2 rings (SSSR count). The number of benzene rings is 1. The van der Waals surface area contributed by atoms with E-state index >= 15 is 0 Å². The zero-order valence-corrected chi connectivity index (χ0v) is 14.9. The Hall–Kier alpha value is -1.44. The van der Waals surface area contributed by atoms with E-state index in [1.54, 1.807) is 32.9 Å². The summed E-state index contributed by atoms with van der Waals surface area (Å²) in [5, 5.41) is 3.24. The Morgan fingerprint density at radius 3 is 2.39 bits per heavy atom. The lowest BCUT2D eigenvalue weighted by molar-refractivity contribution is 0.0655. The van der Waals surface area contributed by atoms with Gasteiger partial charge in [-0.2, -0.15) is 0 Å². The van der Waals surface area contributed by atoms with Gasteiger partial charge in [0.05, 0.1) is 4.90 Å². The summed E-state index contributed by atoms with van der Waals surface area (Å²) in [7, 11) is -3.58. The van der Waals surface area contributed by atoms with E-state index in [0.717, 1.165) is 13.1 Å². The molecule has 1 heterocycles. The number of hydrogen-bond acceptors (Lipinski definition) is 4. The Morgan fingerprint density at radius 1 is 1.26 bits per heavy atom. The highest BCUT2D eigenvalue weighted by atomic mass is 32.2. The van der Waals surface area contributed by atoms with E-state index in [0.29, 0.717) is 12.1 Å². The van der Waals surface area contributed by atoms with Crippen LogP contribution in [-0.4, -0.2) is 50.4 Å². The smallest absolute Gasteiger partial charge is 0.254 e. The van der Waals surface area contributed by atoms with Gasteiger partial charge in [0.1, 0.15) is 0 Å². The van der Waals surface area contributed by atoms with E-state index in [9.17, 15) is 13.2 Å². The van der Waals surface area contributed by atoms with E-state index < -0.39 is 15.6 Å². The molecule has 1 aliphatic heterocycles. The molecule has 2 N–H and O–H groups in total. The van der Waals surface area contributed by atoms with Crippen LogP contribution in [0, 0.1) is 0 Å². The Kier molecular flexibility index (Phi) is 5.13. The molecule has 1 aliphatic rings. The summed E-state index contributed by atoms with van der Waals surface area (Å²) in [5.74, 6) is -0.0632. The molecular formula is C16H25N3O3S. The van der Waals surface area contributed by atoms with Crippen LogP contribution in [0.1, 0.15) is 38.1 Å². The summed E-state index contributed by atoms with van der Waals surface area (Å²) in [6.45, 7) is 9.56. The first-order valence-electron chi connectivity index (χ1n) is 7.76. The highest BCUT2D eigenvalue weighted by Crippen LogP contribution is 2.16. The van der Waals surface area contributed by atoms with Crippen molar-refractivity contribution in [2.24, 2.45) is 0 Å². The normalized spacial score (nSPS) is 19.7. The predicted molar refractivity (Wildman–Crippen MR) is 89.9 cm³/mol. The first kappa shape index (κ1) is 17.9. The van der Waals surface area contributed by atoms with Crippen LogP contribution in [0.4, 0.5) is 0 Å². The second-order valence-corrected chi connectivity index (χ2v) is 8.61. The Balaban J connectivity index is 2.17. The van der Waals surface area contributed by atoms with Crippen molar-refractivity contribution in [3.05, 3.63) is 29.8 Å². The Bertz CT molecular complexity index is 663. The van der Waals surface area contributed by atoms with E-state index in [2.05, 4.69) is 10.0 Å². The van der Waals surface area contributed by atoms with Crippen molar-refractivity contribution in [3.8, 4) is 0 Å². The van der Waals surface area contributed by atoms with Crippen LogP contribution in [-0.2, 0) is 10.0 Å². The maximum Gasteiger partial charge on any atom is 0.254 e. The Morgan fingerprint density at radius 2 is 1.87 bits per heavy atom.